The molecule has 0 bridgehead atoms. The topological polar surface area (TPSA) is 55.6 Å². The van der Waals surface area contributed by atoms with E-state index in [0.717, 1.165) is 5.70 Å². The summed E-state index contributed by atoms with van der Waals surface area (Å²) in [5, 5.41) is 0. The minimum absolute atomic E-state index is 0.409. The smallest absolute Gasteiger partial charge is 0.416 e. The van der Waals surface area contributed by atoms with Crippen molar-refractivity contribution in [2.75, 3.05) is 0 Å². The fourth-order valence-electron chi connectivity index (χ4n) is 1.29. The monoisotopic (exact) mass is 210 g/mol. The van der Waals surface area contributed by atoms with Crippen molar-refractivity contribution in [2.45, 2.75) is 39.5 Å². The van der Waals surface area contributed by atoms with E-state index in [0.29, 0.717) is 0 Å². The van der Waals surface area contributed by atoms with Crippen LogP contribution in [0.4, 0.5) is 4.79 Å². The van der Waals surface area contributed by atoms with E-state index in [2.05, 4.69) is 0 Å². The molecule has 1 amide bonds. The third-order valence-electron chi connectivity index (χ3n) is 1.91. The standard InChI is InChI=1S/C11H18N2O2/c1-8-6-5-7-9(12)13(8)10(14)15-11(2,3)4/h5-7,9H,12H2,1-4H3/t9-/m0/s1. The van der Waals surface area contributed by atoms with Crippen molar-refractivity contribution >= 4 is 6.09 Å². The van der Waals surface area contributed by atoms with Gasteiger partial charge in [-0.25, -0.2) is 4.79 Å². The van der Waals surface area contributed by atoms with Crippen molar-refractivity contribution in [1.82, 2.24) is 4.90 Å². The van der Waals surface area contributed by atoms with Gasteiger partial charge in [-0.3, -0.25) is 4.90 Å². The van der Waals surface area contributed by atoms with Gasteiger partial charge in [-0.2, -0.15) is 0 Å². The number of amides is 1. The zero-order chi connectivity index (χ0) is 11.6. The molecule has 0 radical (unpaired) electrons. The summed E-state index contributed by atoms with van der Waals surface area (Å²) in [4.78, 5) is 13.2. The van der Waals surface area contributed by atoms with Crippen molar-refractivity contribution in [2.24, 2.45) is 5.73 Å². The zero-order valence-electron chi connectivity index (χ0n) is 9.65. The highest BCUT2D eigenvalue weighted by Crippen LogP contribution is 2.17. The van der Waals surface area contributed by atoms with E-state index < -0.39 is 17.9 Å². The average Bonchev–Trinajstić information content (AvgIpc) is 1.99. The molecule has 0 saturated carbocycles. The quantitative estimate of drug-likeness (QED) is 0.665. The van der Waals surface area contributed by atoms with Crippen LogP contribution in [0.1, 0.15) is 27.7 Å². The van der Waals surface area contributed by atoms with E-state index in [1.54, 1.807) is 6.08 Å². The van der Waals surface area contributed by atoms with Gasteiger partial charge in [0.2, 0.25) is 0 Å². The van der Waals surface area contributed by atoms with Gasteiger partial charge in [-0.05, 0) is 39.8 Å². The number of hydrogen-bond donors (Lipinski definition) is 1. The molecule has 1 heterocycles. The van der Waals surface area contributed by atoms with Gasteiger partial charge in [0.25, 0.3) is 0 Å². The second kappa shape index (κ2) is 4.06. The molecule has 0 fully saturated rings. The minimum Gasteiger partial charge on any atom is -0.443 e. The SMILES string of the molecule is CC1=CC=C[C@@H](N)N1C(=O)OC(C)(C)C. The number of rotatable bonds is 0. The number of ether oxygens (including phenoxy) is 1. The Morgan fingerprint density at radius 2 is 2.13 bits per heavy atom. The van der Waals surface area contributed by atoms with E-state index in [1.807, 2.05) is 39.8 Å². The van der Waals surface area contributed by atoms with Crippen molar-refractivity contribution in [3.63, 3.8) is 0 Å². The summed E-state index contributed by atoms with van der Waals surface area (Å²) in [6.45, 7) is 7.31. The molecule has 1 rings (SSSR count). The predicted octanol–water partition coefficient (Wildman–Crippen LogP) is 1.98. The Morgan fingerprint density at radius 3 is 2.60 bits per heavy atom. The molecule has 1 aliphatic heterocycles. The number of nitrogens with two attached hydrogens (primary N) is 1. The Kier molecular flexibility index (Phi) is 3.19. The Morgan fingerprint density at radius 1 is 1.53 bits per heavy atom. The second-order valence-corrected chi connectivity index (χ2v) is 4.53. The maximum absolute atomic E-state index is 11.8. The van der Waals surface area contributed by atoms with Crippen LogP contribution in [-0.4, -0.2) is 22.8 Å². The largest absolute Gasteiger partial charge is 0.443 e. The zero-order valence-corrected chi connectivity index (χ0v) is 9.65. The third kappa shape index (κ3) is 3.09. The Labute approximate surface area is 90.4 Å². The molecule has 0 unspecified atom stereocenters. The number of nitrogens with zero attached hydrogens (tertiary/aromatic N) is 1. The second-order valence-electron chi connectivity index (χ2n) is 4.53. The van der Waals surface area contributed by atoms with Crippen LogP contribution in [-0.2, 0) is 4.74 Å². The normalized spacial score (nSPS) is 21.3. The molecular formula is C11H18N2O2. The van der Waals surface area contributed by atoms with Crippen molar-refractivity contribution < 1.29 is 9.53 Å². The highest BCUT2D eigenvalue weighted by Gasteiger charge is 2.27. The summed E-state index contributed by atoms with van der Waals surface area (Å²) in [6, 6.07) is 0. The molecule has 0 aromatic heterocycles. The van der Waals surface area contributed by atoms with Crippen molar-refractivity contribution in [1.29, 1.82) is 0 Å². The molecule has 0 saturated heterocycles. The molecule has 1 aliphatic rings. The van der Waals surface area contributed by atoms with Gasteiger partial charge >= 0.3 is 6.09 Å². The van der Waals surface area contributed by atoms with Crippen LogP contribution >= 0.6 is 0 Å². The first-order valence-corrected chi connectivity index (χ1v) is 4.94. The average molecular weight is 210 g/mol. The third-order valence-corrected chi connectivity index (χ3v) is 1.91. The summed E-state index contributed by atoms with van der Waals surface area (Å²) in [5.41, 5.74) is 6.08. The lowest BCUT2D eigenvalue weighted by Crippen LogP contribution is -2.46. The summed E-state index contributed by atoms with van der Waals surface area (Å²) in [5.74, 6) is 0. The van der Waals surface area contributed by atoms with Crippen LogP contribution in [0, 0.1) is 0 Å². The Hall–Kier alpha value is -1.29. The van der Waals surface area contributed by atoms with Crippen molar-refractivity contribution in [3.05, 3.63) is 23.9 Å². The highest BCUT2D eigenvalue weighted by molar-refractivity contribution is 5.71. The lowest BCUT2D eigenvalue weighted by atomic mass is 10.2. The van der Waals surface area contributed by atoms with Gasteiger partial charge in [0.1, 0.15) is 11.8 Å². The molecule has 0 aromatic rings. The number of allylic oxidation sites excluding steroid dienone is 3. The molecule has 84 valence electrons. The van der Waals surface area contributed by atoms with Gasteiger partial charge in [0, 0.05) is 5.70 Å². The lowest BCUT2D eigenvalue weighted by Gasteiger charge is -2.32. The van der Waals surface area contributed by atoms with Gasteiger partial charge in [0.05, 0.1) is 0 Å². The van der Waals surface area contributed by atoms with E-state index in [-0.39, 0.29) is 0 Å². The first kappa shape index (κ1) is 11.8. The number of carbonyl (C=O) groups excluding carboxylic acids is 1. The van der Waals surface area contributed by atoms with Gasteiger partial charge < -0.3 is 10.5 Å². The first-order valence-electron chi connectivity index (χ1n) is 4.94. The van der Waals surface area contributed by atoms with Gasteiger partial charge in [0.15, 0.2) is 0 Å². The molecule has 0 aliphatic carbocycles. The first-order chi connectivity index (χ1) is 6.81. The summed E-state index contributed by atoms with van der Waals surface area (Å²) in [6.07, 6.45) is 4.56. The highest BCUT2D eigenvalue weighted by atomic mass is 16.6. The summed E-state index contributed by atoms with van der Waals surface area (Å²) < 4.78 is 5.25. The van der Waals surface area contributed by atoms with Crippen molar-refractivity contribution in [3.8, 4) is 0 Å². The fourth-order valence-corrected chi connectivity index (χ4v) is 1.29. The molecular weight excluding hydrogens is 192 g/mol. The molecule has 4 nitrogen and oxygen atoms in total. The molecule has 1 atom stereocenters. The van der Waals surface area contributed by atoms with Crippen LogP contribution in [0.15, 0.2) is 23.9 Å². The van der Waals surface area contributed by atoms with E-state index in [9.17, 15) is 4.79 Å². The Balaban J connectivity index is 2.76. The van der Waals surface area contributed by atoms with Crippen LogP contribution in [0.5, 0.6) is 0 Å². The number of hydrogen-bond acceptors (Lipinski definition) is 3. The molecule has 0 spiro atoms. The maximum atomic E-state index is 11.8. The summed E-state index contributed by atoms with van der Waals surface area (Å²) >= 11 is 0. The van der Waals surface area contributed by atoms with E-state index in [4.69, 9.17) is 10.5 Å². The molecule has 4 heteroatoms. The Bertz CT molecular complexity index is 313. The fraction of sp³-hybridized carbons (Fsp3) is 0.545. The molecule has 2 N–H and O–H groups in total. The van der Waals surface area contributed by atoms with E-state index in [1.165, 1.54) is 4.90 Å². The number of carbonyl (C=O) groups is 1. The lowest BCUT2D eigenvalue weighted by molar-refractivity contribution is 0.0274. The molecule has 15 heavy (non-hydrogen) atoms. The van der Waals surface area contributed by atoms with Crippen LogP contribution in [0.25, 0.3) is 0 Å². The van der Waals surface area contributed by atoms with Crippen LogP contribution in [0.2, 0.25) is 0 Å². The van der Waals surface area contributed by atoms with Crippen LogP contribution < -0.4 is 5.73 Å². The van der Waals surface area contributed by atoms with Gasteiger partial charge in [-0.15, -0.1) is 0 Å². The minimum atomic E-state index is -0.502. The van der Waals surface area contributed by atoms with Crippen LogP contribution in [0.3, 0.4) is 0 Å². The van der Waals surface area contributed by atoms with E-state index >= 15 is 0 Å². The molecule has 0 aromatic carbocycles. The summed E-state index contributed by atoms with van der Waals surface area (Å²) in [7, 11) is 0. The maximum Gasteiger partial charge on any atom is 0.416 e. The predicted molar refractivity (Wildman–Crippen MR) is 58.9 cm³/mol. The van der Waals surface area contributed by atoms with Gasteiger partial charge in [-0.1, -0.05) is 6.08 Å².